The highest BCUT2D eigenvalue weighted by Gasteiger charge is 2.28. The van der Waals surface area contributed by atoms with Gasteiger partial charge >= 0.3 is 0 Å². The van der Waals surface area contributed by atoms with Gasteiger partial charge in [-0.3, -0.25) is 4.90 Å². The Morgan fingerprint density at radius 3 is 2.18 bits per heavy atom. The van der Waals surface area contributed by atoms with E-state index >= 15 is 0 Å². The van der Waals surface area contributed by atoms with E-state index in [2.05, 4.69) is 63.1 Å². The molecule has 1 heterocycles. The first-order chi connectivity index (χ1) is 16.2. The minimum atomic E-state index is -3.65. The first kappa shape index (κ1) is 24.5. The third-order valence-electron chi connectivity index (χ3n) is 6.74. The van der Waals surface area contributed by atoms with Crippen LogP contribution in [0.4, 0.5) is 5.69 Å². The van der Waals surface area contributed by atoms with Crippen LogP contribution in [0.1, 0.15) is 39.4 Å². The quantitative estimate of drug-likeness (QED) is 0.533. The van der Waals surface area contributed by atoms with Crippen molar-refractivity contribution in [3.8, 4) is 0 Å². The number of hydrogen-bond acceptors (Lipinski definition) is 4. The maximum absolute atomic E-state index is 13.4. The molecule has 180 valence electrons. The summed E-state index contributed by atoms with van der Waals surface area (Å²) in [4.78, 5) is 4.86. The summed E-state index contributed by atoms with van der Waals surface area (Å²) < 4.78 is 29.8. The summed E-state index contributed by atoms with van der Waals surface area (Å²) in [5, 5.41) is 0. The summed E-state index contributed by atoms with van der Waals surface area (Å²) in [5.74, 6) is 0. The summed E-state index contributed by atoms with van der Waals surface area (Å²) in [5.41, 5.74) is 7.57. The van der Waals surface area contributed by atoms with E-state index in [0.29, 0.717) is 11.4 Å². The van der Waals surface area contributed by atoms with E-state index in [4.69, 9.17) is 0 Å². The molecule has 6 heteroatoms. The van der Waals surface area contributed by atoms with E-state index in [1.807, 2.05) is 47.0 Å². The third kappa shape index (κ3) is 5.19. The molecule has 1 aliphatic heterocycles. The Morgan fingerprint density at radius 2 is 1.56 bits per heavy atom. The average Bonchev–Trinajstić information content (AvgIpc) is 2.78. The number of nitrogens with zero attached hydrogens (tertiary/aromatic N) is 2. The fourth-order valence-corrected chi connectivity index (χ4v) is 6.57. The van der Waals surface area contributed by atoms with Crippen LogP contribution < -0.4 is 9.62 Å². The summed E-state index contributed by atoms with van der Waals surface area (Å²) in [7, 11) is 0.397. The summed E-state index contributed by atoms with van der Waals surface area (Å²) >= 11 is 0. The smallest absolute Gasteiger partial charge is 0.241 e. The summed E-state index contributed by atoms with van der Waals surface area (Å²) in [6, 6.07) is 20.8. The van der Waals surface area contributed by atoms with Gasteiger partial charge in [-0.15, -0.1) is 0 Å². The number of rotatable bonds is 7. The minimum Gasteiger partial charge on any atom is -0.378 e. The van der Waals surface area contributed by atoms with Crippen LogP contribution in [-0.4, -0.2) is 40.5 Å². The van der Waals surface area contributed by atoms with E-state index in [-0.39, 0.29) is 6.04 Å². The molecule has 0 saturated carbocycles. The Labute approximate surface area is 204 Å². The molecule has 0 spiro atoms. The maximum Gasteiger partial charge on any atom is 0.241 e. The number of fused-ring (bicyclic) bond motifs is 1. The Hall–Kier alpha value is -2.67. The summed E-state index contributed by atoms with van der Waals surface area (Å²) in [6.07, 6.45) is 0.964. The molecule has 0 amide bonds. The van der Waals surface area contributed by atoms with E-state index in [9.17, 15) is 8.42 Å². The molecule has 1 atom stereocenters. The molecule has 1 N–H and O–H groups in total. The number of aryl methyl sites for hydroxylation is 3. The van der Waals surface area contributed by atoms with Crippen LogP contribution in [0.3, 0.4) is 0 Å². The van der Waals surface area contributed by atoms with E-state index < -0.39 is 10.0 Å². The van der Waals surface area contributed by atoms with Crippen molar-refractivity contribution >= 4 is 15.7 Å². The van der Waals surface area contributed by atoms with Crippen molar-refractivity contribution in [3.63, 3.8) is 0 Å². The Kier molecular flexibility index (Phi) is 7.12. The second-order valence-electron chi connectivity index (χ2n) is 9.57. The van der Waals surface area contributed by atoms with Crippen LogP contribution in [-0.2, 0) is 23.0 Å². The van der Waals surface area contributed by atoms with Crippen molar-refractivity contribution < 1.29 is 8.42 Å². The van der Waals surface area contributed by atoms with Crippen molar-refractivity contribution in [2.45, 2.75) is 44.7 Å². The number of hydrogen-bond donors (Lipinski definition) is 1. The third-order valence-corrected chi connectivity index (χ3v) is 8.46. The number of anilines is 1. The fraction of sp³-hybridized carbons (Fsp3) is 0.357. The molecule has 34 heavy (non-hydrogen) atoms. The lowest BCUT2D eigenvalue weighted by Crippen LogP contribution is -2.40. The highest BCUT2D eigenvalue weighted by Crippen LogP contribution is 2.30. The fourth-order valence-electron chi connectivity index (χ4n) is 5.09. The van der Waals surface area contributed by atoms with Crippen LogP contribution in [0.5, 0.6) is 0 Å². The lowest BCUT2D eigenvalue weighted by Gasteiger charge is -2.36. The first-order valence-electron chi connectivity index (χ1n) is 11.8. The van der Waals surface area contributed by atoms with Gasteiger partial charge in [0, 0.05) is 45.5 Å². The lowest BCUT2D eigenvalue weighted by atomic mass is 9.96. The zero-order valence-corrected chi connectivity index (χ0v) is 21.6. The molecule has 3 aromatic rings. The predicted octanol–water partition coefficient (Wildman–Crippen LogP) is 4.76. The Balaban J connectivity index is 1.64. The van der Waals surface area contributed by atoms with E-state index in [1.54, 1.807) is 0 Å². The highest BCUT2D eigenvalue weighted by atomic mass is 32.2. The number of nitrogens with one attached hydrogen (secondary N) is 1. The highest BCUT2D eigenvalue weighted by molar-refractivity contribution is 7.89. The van der Waals surface area contributed by atoms with Gasteiger partial charge in [0.05, 0.1) is 4.90 Å². The van der Waals surface area contributed by atoms with Gasteiger partial charge in [-0.2, -0.15) is 0 Å². The molecule has 0 saturated heterocycles. The van der Waals surface area contributed by atoms with Gasteiger partial charge < -0.3 is 4.90 Å². The van der Waals surface area contributed by atoms with Crippen molar-refractivity contribution in [2.24, 2.45) is 0 Å². The summed E-state index contributed by atoms with van der Waals surface area (Å²) in [6.45, 7) is 7.74. The van der Waals surface area contributed by atoms with Crippen molar-refractivity contribution in [1.82, 2.24) is 9.62 Å². The van der Waals surface area contributed by atoms with Crippen LogP contribution >= 0.6 is 0 Å². The van der Waals surface area contributed by atoms with Gasteiger partial charge in [-0.25, -0.2) is 13.1 Å². The van der Waals surface area contributed by atoms with Crippen molar-refractivity contribution in [3.05, 3.63) is 94.0 Å². The molecule has 0 fully saturated rings. The molecule has 0 bridgehead atoms. The average molecular weight is 478 g/mol. The topological polar surface area (TPSA) is 52.7 Å². The molecule has 5 nitrogen and oxygen atoms in total. The van der Waals surface area contributed by atoms with Crippen LogP contribution in [0.15, 0.2) is 65.6 Å². The molecule has 4 rings (SSSR count). The normalized spacial score (nSPS) is 15.1. The lowest BCUT2D eigenvalue weighted by molar-refractivity contribution is 0.180. The molecular formula is C28H35N3O2S. The van der Waals surface area contributed by atoms with Crippen LogP contribution in [0.2, 0.25) is 0 Å². The minimum absolute atomic E-state index is 0.0644. The molecule has 0 aromatic heterocycles. The van der Waals surface area contributed by atoms with Crippen molar-refractivity contribution in [1.29, 1.82) is 0 Å². The van der Waals surface area contributed by atoms with E-state index in [1.165, 1.54) is 11.1 Å². The van der Waals surface area contributed by atoms with Crippen LogP contribution in [0.25, 0.3) is 0 Å². The second-order valence-corrected chi connectivity index (χ2v) is 11.3. The largest absolute Gasteiger partial charge is 0.378 e. The van der Waals surface area contributed by atoms with Crippen molar-refractivity contribution in [2.75, 3.05) is 32.1 Å². The Bertz CT molecular complexity index is 1240. The maximum atomic E-state index is 13.4. The zero-order valence-electron chi connectivity index (χ0n) is 20.8. The SMILES string of the molecule is Cc1cc(C)c(S(=O)(=O)NC[C@H](c2ccc(N(C)C)cc2)N2CCc3ccccc3C2)c(C)c1. The molecular weight excluding hydrogens is 442 g/mol. The number of sulfonamides is 1. The molecule has 3 aromatic carbocycles. The monoisotopic (exact) mass is 477 g/mol. The van der Waals surface area contributed by atoms with Gasteiger partial charge in [0.15, 0.2) is 0 Å². The van der Waals surface area contributed by atoms with Gasteiger partial charge in [-0.1, -0.05) is 54.1 Å². The predicted molar refractivity (Wildman–Crippen MR) is 140 cm³/mol. The van der Waals surface area contributed by atoms with E-state index in [0.717, 1.165) is 47.5 Å². The zero-order chi connectivity index (χ0) is 24.5. The first-order valence-corrected chi connectivity index (χ1v) is 13.3. The van der Waals surface area contributed by atoms with Crippen LogP contribution in [0, 0.1) is 20.8 Å². The van der Waals surface area contributed by atoms with Gasteiger partial charge in [0.2, 0.25) is 10.0 Å². The van der Waals surface area contributed by atoms with Gasteiger partial charge in [-0.05, 0) is 67.1 Å². The molecule has 0 radical (unpaired) electrons. The second kappa shape index (κ2) is 9.90. The number of benzene rings is 3. The molecule has 0 unspecified atom stereocenters. The molecule has 1 aliphatic rings. The van der Waals surface area contributed by atoms with Gasteiger partial charge in [0.25, 0.3) is 0 Å². The standard InChI is InChI=1S/C28H35N3O2S/c1-20-16-21(2)28(22(3)17-20)34(32,33)29-18-27(24-10-12-26(13-11-24)30(4)5)31-15-14-23-8-6-7-9-25(23)19-31/h6-13,16-17,27,29H,14-15,18-19H2,1-5H3/t27-/m1/s1. The van der Waals surface area contributed by atoms with Gasteiger partial charge in [0.1, 0.15) is 0 Å². The Morgan fingerprint density at radius 1 is 0.941 bits per heavy atom. The molecule has 0 aliphatic carbocycles.